The lowest BCUT2D eigenvalue weighted by Gasteiger charge is -2.26. The SMILES string of the molecule is C=C[C@@H]1[C@@H](COP(=O)(O)N[C@@H](C)C(=O)O)O[C@@H](n2ccc(=O)[nH]c2=O)[C@]1(C)F. The number of alkyl halides is 1. The number of halogens is 1. The van der Waals surface area contributed by atoms with Crippen molar-refractivity contribution in [3.8, 4) is 0 Å². The van der Waals surface area contributed by atoms with Crippen molar-refractivity contribution in [2.45, 2.75) is 37.9 Å². The number of nitrogens with one attached hydrogen (secondary N) is 2. The highest BCUT2D eigenvalue weighted by atomic mass is 31.2. The second-order valence-corrected chi connectivity index (χ2v) is 8.02. The van der Waals surface area contributed by atoms with Gasteiger partial charge in [-0.25, -0.2) is 18.8 Å². The minimum absolute atomic E-state index is 0.585. The van der Waals surface area contributed by atoms with Crippen LogP contribution in [0.1, 0.15) is 20.1 Å². The first kappa shape index (κ1) is 22.2. The van der Waals surface area contributed by atoms with E-state index < -0.39 is 61.5 Å². The third-order valence-corrected chi connectivity index (χ3v) is 5.55. The molecular weight excluding hydrogens is 400 g/mol. The highest BCUT2D eigenvalue weighted by molar-refractivity contribution is 7.50. The van der Waals surface area contributed by atoms with Crippen molar-refractivity contribution in [2.24, 2.45) is 5.92 Å². The van der Waals surface area contributed by atoms with E-state index in [1.165, 1.54) is 6.08 Å². The molecule has 1 aliphatic heterocycles. The quantitative estimate of drug-likeness (QED) is 0.338. The van der Waals surface area contributed by atoms with Crippen molar-refractivity contribution in [1.29, 1.82) is 0 Å². The molecule has 0 amide bonds. The molecule has 0 aliphatic carbocycles. The van der Waals surface area contributed by atoms with E-state index in [1.807, 2.05) is 10.1 Å². The van der Waals surface area contributed by atoms with Gasteiger partial charge in [0, 0.05) is 18.2 Å². The molecule has 156 valence electrons. The maximum atomic E-state index is 15.4. The third-order valence-electron chi connectivity index (χ3n) is 4.34. The van der Waals surface area contributed by atoms with Crippen molar-refractivity contribution in [3.05, 3.63) is 45.8 Å². The van der Waals surface area contributed by atoms with E-state index in [4.69, 9.17) is 14.4 Å². The molecule has 1 aliphatic rings. The number of nitrogens with zero attached hydrogens (tertiary/aromatic N) is 1. The Bertz CT molecular complexity index is 913. The van der Waals surface area contributed by atoms with Crippen LogP contribution in [0.25, 0.3) is 0 Å². The first-order valence-electron chi connectivity index (χ1n) is 8.15. The average molecular weight is 421 g/mol. The molecule has 2 heterocycles. The Balaban J connectivity index is 2.21. The number of aliphatic carboxylic acids is 1. The summed E-state index contributed by atoms with van der Waals surface area (Å²) in [5, 5.41) is 10.7. The zero-order chi connectivity index (χ0) is 21.3. The first-order chi connectivity index (χ1) is 12.9. The Morgan fingerprint density at radius 2 is 2.29 bits per heavy atom. The van der Waals surface area contributed by atoms with Crippen molar-refractivity contribution in [2.75, 3.05) is 6.61 Å². The van der Waals surface area contributed by atoms with Gasteiger partial charge in [0.15, 0.2) is 11.9 Å². The van der Waals surface area contributed by atoms with Crippen LogP contribution in [0.4, 0.5) is 4.39 Å². The summed E-state index contributed by atoms with van der Waals surface area (Å²) >= 11 is 0. The lowest BCUT2D eigenvalue weighted by molar-refractivity contribution is -0.138. The topological polar surface area (TPSA) is 160 Å². The van der Waals surface area contributed by atoms with E-state index in [9.17, 15) is 23.8 Å². The molecule has 4 N–H and O–H groups in total. The summed E-state index contributed by atoms with van der Waals surface area (Å²) in [7, 11) is -4.53. The predicted molar refractivity (Wildman–Crippen MR) is 94.4 cm³/mol. The lowest BCUT2D eigenvalue weighted by Crippen LogP contribution is -2.40. The van der Waals surface area contributed by atoms with Gasteiger partial charge in [-0.2, -0.15) is 0 Å². The van der Waals surface area contributed by atoms with Crippen molar-refractivity contribution >= 4 is 13.7 Å². The maximum Gasteiger partial charge on any atom is 0.403 e. The van der Waals surface area contributed by atoms with E-state index in [2.05, 4.69) is 6.58 Å². The number of rotatable bonds is 8. The zero-order valence-electron chi connectivity index (χ0n) is 15.1. The largest absolute Gasteiger partial charge is 0.480 e. The van der Waals surface area contributed by atoms with E-state index in [1.54, 1.807) is 0 Å². The molecule has 13 heteroatoms. The monoisotopic (exact) mass is 421 g/mol. The van der Waals surface area contributed by atoms with Gasteiger partial charge in [0.05, 0.1) is 12.7 Å². The smallest absolute Gasteiger partial charge is 0.403 e. The van der Waals surface area contributed by atoms with Crippen LogP contribution >= 0.6 is 7.75 Å². The normalized spacial score (nSPS) is 30.5. The summed E-state index contributed by atoms with van der Waals surface area (Å²) in [4.78, 5) is 45.7. The van der Waals surface area contributed by atoms with E-state index >= 15 is 4.39 Å². The molecule has 1 aromatic heterocycles. The number of aromatic nitrogens is 2. The van der Waals surface area contributed by atoms with Gasteiger partial charge in [0.2, 0.25) is 0 Å². The Labute approximate surface area is 158 Å². The molecule has 2 rings (SSSR count). The lowest BCUT2D eigenvalue weighted by atomic mass is 9.88. The fourth-order valence-electron chi connectivity index (χ4n) is 2.90. The van der Waals surface area contributed by atoms with Gasteiger partial charge < -0.3 is 14.7 Å². The molecule has 11 nitrogen and oxygen atoms in total. The van der Waals surface area contributed by atoms with Crippen LogP contribution in [0, 0.1) is 5.92 Å². The zero-order valence-corrected chi connectivity index (χ0v) is 16.0. The molecule has 28 heavy (non-hydrogen) atoms. The highest BCUT2D eigenvalue weighted by Gasteiger charge is 2.54. The number of H-pyrrole nitrogens is 1. The fraction of sp³-hybridized carbons (Fsp3) is 0.533. The Morgan fingerprint density at radius 1 is 1.64 bits per heavy atom. The van der Waals surface area contributed by atoms with E-state index in [0.29, 0.717) is 0 Å². The maximum absolute atomic E-state index is 15.4. The van der Waals surface area contributed by atoms with Crippen LogP contribution in [0.5, 0.6) is 0 Å². The third kappa shape index (κ3) is 4.65. The van der Waals surface area contributed by atoms with Gasteiger partial charge in [0.1, 0.15) is 6.04 Å². The molecule has 0 saturated carbocycles. The van der Waals surface area contributed by atoms with Gasteiger partial charge in [-0.15, -0.1) is 6.58 Å². The van der Waals surface area contributed by atoms with E-state index in [-0.39, 0.29) is 0 Å². The standard InChI is InChI=1S/C15H21FN3O8P/c1-4-9-10(7-26-28(24,25)18-8(2)12(21)22)27-13(15(9,3)16)19-6-5-11(20)17-14(19)23/h4-6,8-10,13H,1,7H2,2-3H3,(H,21,22)(H,17,20,23)(H2,18,24,25)/t8-,9+,10+,13+,15+/m0/s1. The van der Waals surface area contributed by atoms with Crippen LogP contribution in [-0.4, -0.2) is 49.9 Å². The van der Waals surface area contributed by atoms with Crippen LogP contribution in [0.3, 0.4) is 0 Å². The second-order valence-electron chi connectivity index (χ2n) is 6.46. The fourth-order valence-corrected chi connectivity index (χ4v) is 3.92. The molecule has 1 unspecified atom stereocenters. The van der Waals surface area contributed by atoms with Gasteiger partial charge in [-0.05, 0) is 13.8 Å². The van der Waals surface area contributed by atoms with E-state index in [0.717, 1.165) is 30.7 Å². The van der Waals surface area contributed by atoms with Gasteiger partial charge in [0.25, 0.3) is 5.56 Å². The second kappa shape index (κ2) is 8.10. The van der Waals surface area contributed by atoms with Gasteiger partial charge in [-0.3, -0.25) is 23.7 Å². The number of carboxylic acids is 1. The minimum Gasteiger partial charge on any atom is -0.480 e. The van der Waals surface area contributed by atoms with Crippen molar-refractivity contribution < 1.29 is 33.0 Å². The molecule has 1 aromatic rings. The average Bonchev–Trinajstić information content (AvgIpc) is 2.82. The Morgan fingerprint density at radius 3 is 2.82 bits per heavy atom. The molecule has 0 aromatic carbocycles. The van der Waals surface area contributed by atoms with Crippen LogP contribution < -0.4 is 16.3 Å². The van der Waals surface area contributed by atoms with Gasteiger partial charge >= 0.3 is 19.4 Å². The van der Waals surface area contributed by atoms with Crippen LogP contribution in [-0.2, 0) is 18.6 Å². The number of ether oxygens (including phenoxy) is 1. The predicted octanol–water partition coefficient (Wildman–Crippen LogP) is 0.144. The van der Waals surface area contributed by atoms with Gasteiger partial charge in [-0.1, -0.05) is 6.08 Å². The summed E-state index contributed by atoms with van der Waals surface area (Å²) in [6.45, 7) is 5.24. The summed E-state index contributed by atoms with van der Waals surface area (Å²) in [5.41, 5.74) is -3.73. The van der Waals surface area contributed by atoms with Crippen molar-refractivity contribution in [3.63, 3.8) is 0 Å². The molecule has 6 atom stereocenters. The summed E-state index contributed by atoms with van der Waals surface area (Å²) in [6, 6.07) is -0.346. The molecule has 0 bridgehead atoms. The molecule has 0 spiro atoms. The number of hydrogen-bond acceptors (Lipinski definition) is 6. The van der Waals surface area contributed by atoms with Crippen molar-refractivity contribution in [1.82, 2.24) is 14.6 Å². The molecular formula is C15H21FN3O8P. The summed E-state index contributed by atoms with van der Waals surface area (Å²) in [6.07, 6.45) is -0.281. The van der Waals surface area contributed by atoms with Crippen LogP contribution in [0.15, 0.2) is 34.5 Å². The summed E-state index contributed by atoms with van der Waals surface area (Å²) in [5.74, 6) is -2.40. The Kier molecular flexibility index (Phi) is 6.41. The molecule has 1 saturated heterocycles. The number of carbonyl (C=O) groups is 1. The summed E-state index contributed by atoms with van der Waals surface area (Å²) < 4.78 is 38.6. The number of carboxylic acid groups (broad SMARTS) is 1. The Hall–Kier alpha value is -2.11. The minimum atomic E-state index is -4.53. The van der Waals surface area contributed by atoms with Crippen LogP contribution in [0.2, 0.25) is 0 Å². The number of aromatic amines is 1. The molecule has 1 fully saturated rings. The number of hydrogen-bond donors (Lipinski definition) is 4. The highest BCUT2D eigenvalue weighted by Crippen LogP contribution is 2.47. The first-order valence-corrected chi connectivity index (χ1v) is 9.73. The molecule has 0 radical (unpaired) electrons.